The van der Waals surface area contributed by atoms with Crippen molar-refractivity contribution in [3.63, 3.8) is 0 Å². The third-order valence-corrected chi connectivity index (χ3v) is 3.43. The van der Waals surface area contributed by atoms with Gasteiger partial charge in [0.05, 0.1) is 12.7 Å². The van der Waals surface area contributed by atoms with Gasteiger partial charge in [0, 0.05) is 31.9 Å². The molecule has 0 unspecified atom stereocenters. The minimum atomic E-state index is -0.176. The fraction of sp³-hybridized carbons (Fsp3) is 0.400. The first-order chi connectivity index (χ1) is 10.5. The fourth-order valence-electron chi connectivity index (χ4n) is 2.41. The van der Waals surface area contributed by atoms with Crippen molar-refractivity contribution in [2.45, 2.75) is 26.8 Å². The zero-order valence-electron chi connectivity index (χ0n) is 12.9. The van der Waals surface area contributed by atoms with Crippen LogP contribution in [0.5, 0.6) is 0 Å². The highest BCUT2D eigenvalue weighted by Crippen LogP contribution is 2.12. The topological polar surface area (TPSA) is 77.4 Å². The smallest absolute Gasteiger partial charge is 0.257 e. The molecule has 0 aliphatic rings. The Balaban J connectivity index is 1.67. The number of aromatic nitrogens is 4. The minimum absolute atomic E-state index is 0.176. The monoisotopic (exact) mass is 301 g/mol. The molecule has 3 rings (SSSR count). The van der Waals surface area contributed by atoms with Crippen molar-refractivity contribution in [1.82, 2.24) is 24.7 Å². The molecule has 0 spiro atoms. The molecule has 0 radical (unpaired) electrons. The van der Waals surface area contributed by atoms with Crippen molar-refractivity contribution >= 4 is 11.6 Å². The van der Waals surface area contributed by atoms with E-state index in [1.54, 1.807) is 10.7 Å². The maximum atomic E-state index is 12.3. The molecule has 3 heterocycles. The van der Waals surface area contributed by atoms with Crippen molar-refractivity contribution in [3.8, 4) is 0 Å². The molecule has 22 heavy (non-hydrogen) atoms. The van der Waals surface area contributed by atoms with E-state index in [1.807, 2.05) is 30.1 Å². The molecule has 0 aromatic carbocycles. The molecule has 3 aromatic rings. The van der Waals surface area contributed by atoms with Crippen molar-refractivity contribution in [2.75, 3.05) is 0 Å². The van der Waals surface area contributed by atoms with Gasteiger partial charge in [-0.15, -0.1) is 0 Å². The standard InChI is InChI=1S/C15H19N5O2/c1-10(2)6-12-7-11(18-22-12)8-16-14(21)13-9-17-20-5-4-19(3)15(13)20/h4-5,7,9-10H,6,8H2,1-3H3,(H,16,21). The number of carbonyl (C=O) groups is 1. The Kier molecular flexibility index (Phi) is 3.70. The lowest BCUT2D eigenvalue weighted by Gasteiger charge is -2.01. The molecule has 3 aromatic heterocycles. The van der Waals surface area contributed by atoms with Crippen molar-refractivity contribution in [2.24, 2.45) is 13.0 Å². The molecule has 0 atom stereocenters. The number of fused-ring (bicyclic) bond motifs is 1. The van der Waals surface area contributed by atoms with Crippen LogP contribution in [0.15, 0.2) is 29.2 Å². The molecule has 0 aliphatic heterocycles. The van der Waals surface area contributed by atoms with E-state index >= 15 is 0 Å². The number of amides is 1. The van der Waals surface area contributed by atoms with Crippen LogP contribution in [-0.4, -0.2) is 25.2 Å². The molecule has 7 nitrogen and oxygen atoms in total. The van der Waals surface area contributed by atoms with Gasteiger partial charge >= 0.3 is 0 Å². The quantitative estimate of drug-likeness (QED) is 0.779. The van der Waals surface area contributed by atoms with Crippen LogP contribution in [0, 0.1) is 5.92 Å². The average Bonchev–Trinajstić information content (AvgIpc) is 3.14. The Hall–Kier alpha value is -2.57. The van der Waals surface area contributed by atoms with Crippen molar-refractivity contribution in [1.29, 1.82) is 0 Å². The maximum absolute atomic E-state index is 12.3. The number of carbonyl (C=O) groups excluding carboxylic acids is 1. The van der Waals surface area contributed by atoms with E-state index in [0.717, 1.165) is 23.5 Å². The van der Waals surface area contributed by atoms with E-state index in [1.165, 1.54) is 0 Å². The highest BCUT2D eigenvalue weighted by molar-refractivity contribution is 5.99. The Morgan fingerprint density at radius 2 is 2.23 bits per heavy atom. The van der Waals surface area contributed by atoms with Gasteiger partial charge in [-0.3, -0.25) is 4.79 Å². The molecule has 0 bridgehead atoms. The molecule has 7 heteroatoms. The highest BCUT2D eigenvalue weighted by Gasteiger charge is 2.15. The van der Waals surface area contributed by atoms with Crippen LogP contribution in [0.25, 0.3) is 5.65 Å². The summed E-state index contributed by atoms with van der Waals surface area (Å²) in [5.74, 6) is 1.17. The van der Waals surface area contributed by atoms with Crippen LogP contribution >= 0.6 is 0 Å². The highest BCUT2D eigenvalue weighted by atomic mass is 16.5. The van der Waals surface area contributed by atoms with Gasteiger partial charge in [0.2, 0.25) is 0 Å². The summed E-state index contributed by atoms with van der Waals surface area (Å²) in [5.41, 5.74) is 2.02. The first-order valence-corrected chi connectivity index (χ1v) is 7.26. The summed E-state index contributed by atoms with van der Waals surface area (Å²) < 4.78 is 8.79. The van der Waals surface area contributed by atoms with E-state index in [2.05, 4.69) is 29.4 Å². The van der Waals surface area contributed by atoms with Gasteiger partial charge in [0.25, 0.3) is 5.91 Å². The number of hydrogen-bond acceptors (Lipinski definition) is 4. The molecule has 0 saturated carbocycles. The minimum Gasteiger partial charge on any atom is -0.361 e. The summed E-state index contributed by atoms with van der Waals surface area (Å²) in [6, 6.07) is 1.89. The Morgan fingerprint density at radius 3 is 3.00 bits per heavy atom. The summed E-state index contributed by atoms with van der Waals surface area (Å²) in [6.45, 7) is 4.58. The van der Waals surface area contributed by atoms with Crippen molar-refractivity contribution in [3.05, 3.63) is 41.7 Å². The lowest BCUT2D eigenvalue weighted by Crippen LogP contribution is -2.23. The van der Waals surface area contributed by atoms with Gasteiger partial charge in [-0.2, -0.15) is 5.10 Å². The number of nitrogens with zero attached hydrogens (tertiary/aromatic N) is 4. The Morgan fingerprint density at radius 1 is 1.41 bits per heavy atom. The molecule has 0 aliphatic carbocycles. The molecule has 1 amide bonds. The van der Waals surface area contributed by atoms with E-state index in [4.69, 9.17) is 4.52 Å². The van der Waals surface area contributed by atoms with Gasteiger partial charge in [-0.05, 0) is 5.92 Å². The second-order valence-electron chi connectivity index (χ2n) is 5.80. The van der Waals surface area contributed by atoms with E-state index in [9.17, 15) is 4.79 Å². The number of hydrogen-bond donors (Lipinski definition) is 1. The summed E-state index contributed by atoms with van der Waals surface area (Å²) >= 11 is 0. The number of imidazole rings is 1. The first kappa shape index (κ1) is 14.4. The van der Waals surface area contributed by atoms with Gasteiger partial charge in [-0.1, -0.05) is 19.0 Å². The molecule has 1 N–H and O–H groups in total. The maximum Gasteiger partial charge on any atom is 0.257 e. The zero-order valence-corrected chi connectivity index (χ0v) is 12.9. The van der Waals surface area contributed by atoms with Crippen LogP contribution in [0.4, 0.5) is 0 Å². The summed E-state index contributed by atoms with van der Waals surface area (Å²) in [4.78, 5) is 12.3. The predicted molar refractivity (Wildman–Crippen MR) is 80.4 cm³/mol. The second-order valence-corrected chi connectivity index (χ2v) is 5.80. The SMILES string of the molecule is CC(C)Cc1cc(CNC(=O)c2cnn3ccn(C)c23)no1. The molecular formula is C15H19N5O2. The van der Waals surface area contributed by atoms with Gasteiger partial charge in [0.15, 0.2) is 0 Å². The lowest BCUT2D eigenvalue weighted by atomic mass is 10.1. The third-order valence-electron chi connectivity index (χ3n) is 3.43. The summed E-state index contributed by atoms with van der Waals surface area (Å²) in [6.07, 6.45) is 6.07. The van der Waals surface area contributed by atoms with Crippen molar-refractivity contribution < 1.29 is 9.32 Å². The largest absolute Gasteiger partial charge is 0.361 e. The molecular weight excluding hydrogens is 282 g/mol. The Bertz CT molecular complexity index is 796. The zero-order chi connectivity index (χ0) is 15.7. The Labute approximate surface area is 127 Å². The second kappa shape index (κ2) is 5.67. The van der Waals surface area contributed by atoms with Crippen LogP contribution < -0.4 is 5.32 Å². The van der Waals surface area contributed by atoms with Crippen LogP contribution in [0.1, 0.15) is 35.7 Å². The summed E-state index contributed by atoms with van der Waals surface area (Å²) in [5, 5.41) is 11.0. The normalized spacial score (nSPS) is 11.5. The van der Waals surface area contributed by atoms with E-state index in [0.29, 0.717) is 18.0 Å². The number of nitrogens with one attached hydrogen (secondary N) is 1. The number of aryl methyl sites for hydroxylation is 1. The van der Waals surface area contributed by atoms with E-state index in [-0.39, 0.29) is 5.91 Å². The van der Waals surface area contributed by atoms with Crippen LogP contribution in [0.3, 0.4) is 0 Å². The summed E-state index contributed by atoms with van der Waals surface area (Å²) in [7, 11) is 1.88. The van der Waals surface area contributed by atoms with E-state index < -0.39 is 0 Å². The molecule has 116 valence electrons. The van der Waals surface area contributed by atoms with Crippen LogP contribution in [0.2, 0.25) is 0 Å². The van der Waals surface area contributed by atoms with Crippen LogP contribution in [-0.2, 0) is 20.0 Å². The van der Waals surface area contributed by atoms with Gasteiger partial charge < -0.3 is 14.4 Å². The lowest BCUT2D eigenvalue weighted by molar-refractivity contribution is 0.0951. The fourth-order valence-corrected chi connectivity index (χ4v) is 2.41. The van der Waals surface area contributed by atoms with Gasteiger partial charge in [0.1, 0.15) is 22.7 Å². The molecule has 0 fully saturated rings. The van der Waals surface area contributed by atoms with Gasteiger partial charge in [-0.25, -0.2) is 4.52 Å². The predicted octanol–water partition coefficient (Wildman–Crippen LogP) is 1.79. The first-order valence-electron chi connectivity index (χ1n) is 7.26. The number of rotatable bonds is 5. The molecule has 0 saturated heterocycles. The third kappa shape index (κ3) is 2.74. The average molecular weight is 301 g/mol.